The van der Waals surface area contributed by atoms with Gasteiger partial charge in [0.2, 0.25) is 0 Å². The molecule has 24 heavy (non-hydrogen) atoms. The van der Waals surface area contributed by atoms with Crippen LogP contribution in [0.25, 0.3) is 11.2 Å². The van der Waals surface area contributed by atoms with Gasteiger partial charge in [-0.25, -0.2) is 9.29 Å². The van der Waals surface area contributed by atoms with Crippen LogP contribution in [0.2, 0.25) is 5.02 Å². The highest BCUT2D eigenvalue weighted by molar-refractivity contribution is 7.97. The van der Waals surface area contributed by atoms with E-state index in [1.54, 1.807) is 6.07 Å². The molecule has 10 heteroatoms. The molecular weight excluding hydrogens is 381 g/mol. The lowest BCUT2D eigenvalue weighted by molar-refractivity contribution is -0.169. The highest BCUT2D eigenvalue weighted by Gasteiger charge is 2.44. The minimum Gasteiger partial charge on any atom is -0.233 e. The van der Waals surface area contributed by atoms with E-state index in [4.69, 9.17) is 11.6 Å². The van der Waals surface area contributed by atoms with Crippen molar-refractivity contribution in [2.75, 3.05) is 7.05 Å². The second kappa shape index (κ2) is 6.83. The van der Waals surface area contributed by atoms with Crippen molar-refractivity contribution in [1.82, 2.24) is 18.0 Å². The van der Waals surface area contributed by atoms with Crippen molar-refractivity contribution in [3.05, 3.63) is 47.1 Å². The number of benzene rings is 1. The van der Waals surface area contributed by atoms with Gasteiger partial charge in [-0.05, 0) is 42.8 Å². The Hall–Kier alpha value is -1.42. The first kappa shape index (κ1) is 17.4. The third-order valence-corrected chi connectivity index (χ3v) is 4.92. The van der Waals surface area contributed by atoms with Gasteiger partial charge in [0.15, 0.2) is 5.65 Å². The topological polar surface area (TPSA) is 41.9 Å². The van der Waals surface area contributed by atoms with Gasteiger partial charge in [0.05, 0.1) is 11.7 Å². The fraction of sp³-hybridized carbons (Fsp3) is 0.214. The first-order valence-electron chi connectivity index (χ1n) is 6.66. The zero-order valence-electron chi connectivity index (χ0n) is 12.2. The number of alkyl halides is 3. The average Bonchev–Trinajstić information content (AvgIpc) is 2.95. The van der Waals surface area contributed by atoms with E-state index in [2.05, 4.69) is 13.7 Å². The third-order valence-electron chi connectivity index (χ3n) is 3.20. The number of rotatable bonds is 4. The van der Waals surface area contributed by atoms with E-state index >= 15 is 0 Å². The number of aromatic nitrogens is 3. The van der Waals surface area contributed by atoms with Gasteiger partial charge in [0.1, 0.15) is 11.6 Å². The standard InChI is InChI=1S/C14H10ClF3N4S2/c1-22(23-10-6-11-13(19-7-10)21-24-20-11)12(14(16,17)18)8-2-4-9(15)5-3-8/h2-7,12H,1H3/t12-/m1/s1. The Morgan fingerprint density at radius 2 is 1.92 bits per heavy atom. The summed E-state index contributed by atoms with van der Waals surface area (Å²) in [5.74, 6) is 0. The molecule has 0 radical (unpaired) electrons. The van der Waals surface area contributed by atoms with Crippen LogP contribution in [0.15, 0.2) is 41.4 Å². The van der Waals surface area contributed by atoms with Crippen LogP contribution in [0, 0.1) is 0 Å². The van der Waals surface area contributed by atoms with Crippen molar-refractivity contribution in [3.8, 4) is 0 Å². The quantitative estimate of drug-likeness (QED) is 0.587. The van der Waals surface area contributed by atoms with Gasteiger partial charge >= 0.3 is 6.18 Å². The van der Waals surface area contributed by atoms with Crippen LogP contribution in [-0.2, 0) is 0 Å². The van der Waals surface area contributed by atoms with Crippen LogP contribution in [0.5, 0.6) is 0 Å². The zero-order valence-corrected chi connectivity index (χ0v) is 14.5. The number of halogens is 4. The largest absolute Gasteiger partial charge is 0.408 e. The van der Waals surface area contributed by atoms with E-state index in [0.717, 1.165) is 28.0 Å². The third kappa shape index (κ3) is 3.80. The molecule has 0 unspecified atom stereocenters. The second-order valence-corrected chi connectivity index (χ2v) is 7.11. The Labute approximate surface area is 149 Å². The van der Waals surface area contributed by atoms with Crippen molar-refractivity contribution in [2.24, 2.45) is 0 Å². The summed E-state index contributed by atoms with van der Waals surface area (Å²) in [6, 6.07) is 5.55. The van der Waals surface area contributed by atoms with E-state index < -0.39 is 12.2 Å². The smallest absolute Gasteiger partial charge is 0.233 e. The molecule has 0 bridgehead atoms. The normalized spacial score (nSPS) is 13.6. The Morgan fingerprint density at radius 1 is 1.21 bits per heavy atom. The number of nitrogens with zero attached hydrogens (tertiary/aromatic N) is 4. The van der Waals surface area contributed by atoms with E-state index in [9.17, 15) is 13.2 Å². The number of hydrogen-bond donors (Lipinski definition) is 0. The predicted octanol–water partition coefficient (Wildman–Crippen LogP) is 4.98. The van der Waals surface area contributed by atoms with E-state index in [1.807, 2.05) is 0 Å². The summed E-state index contributed by atoms with van der Waals surface area (Å²) >= 11 is 7.73. The maximum absolute atomic E-state index is 13.5. The molecule has 3 aromatic rings. The number of pyridine rings is 1. The van der Waals surface area contributed by atoms with E-state index in [-0.39, 0.29) is 5.56 Å². The molecule has 0 aliphatic heterocycles. The maximum Gasteiger partial charge on any atom is 0.408 e. The van der Waals surface area contributed by atoms with E-state index in [1.165, 1.54) is 37.5 Å². The highest BCUT2D eigenvalue weighted by atomic mass is 35.5. The molecule has 4 nitrogen and oxygen atoms in total. The zero-order chi connectivity index (χ0) is 17.3. The Bertz CT molecular complexity index is 838. The molecule has 0 spiro atoms. The first-order chi connectivity index (χ1) is 11.3. The van der Waals surface area contributed by atoms with Crippen LogP contribution in [0.1, 0.15) is 11.6 Å². The van der Waals surface area contributed by atoms with Gasteiger partial charge in [0.25, 0.3) is 0 Å². The molecule has 126 valence electrons. The summed E-state index contributed by atoms with van der Waals surface area (Å²) in [6.45, 7) is 0. The number of fused-ring (bicyclic) bond motifs is 1. The molecule has 0 saturated heterocycles. The van der Waals surface area contributed by atoms with E-state index in [0.29, 0.717) is 21.1 Å². The number of hydrogen-bond acceptors (Lipinski definition) is 6. The molecule has 1 aromatic carbocycles. The second-order valence-electron chi connectivity index (χ2n) is 4.91. The van der Waals surface area contributed by atoms with Crippen molar-refractivity contribution in [2.45, 2.75) is 17.1 Å². The van der Waals surface area contributed by atoms with Gasteiger partial charge in [-0.15, -0.1) is 0 Å². The summed E-state index contributed by atoms with van der Waals surface area (Å²) in [4.78, 5) is 4.65. The molecule has 2 aromatic heterocycles. The summed E-state index contributed by atoms with van der Waals surface area (Å²) < 4.78 is 49.8. The van der Waals surface area contributed by atoms with Crippen LogP contribution in [0.3, 0.4) is 0 Å². The Kier molecular flexibility index (Phi) is 4.95. The molecule has 3 rings (SSSR count). The molecule has 1 atom stereocenters. The van der Waals surface area contributed by atoms with Gasteiger partial charge in [0, 0.05) is 16.1 Å². The van der Waals surface area contributed by atoms with Gasteiger partial charge < -0.3 is 0 Å². The minimum absolute atomic E-state index is 0.117. The molecule has 0 N–H and O–H groups in total. The molecule has 2 heterocycles. The first-order valence-corrected chi connectivity index (χ1v) is 8.54. The predicted molar refractivity (Wildman–Crippen MR) is 89.1 cm³/mol. The highest BCUT2D eigenvalue weighted by Crippen LogP contribution is 2.42. The molecule has 0 aliphatic carbocycles. The Balaban J connectivity index is 1.88. The SMILES string of the molecule is CN(Sc1cnc2nsnc2c1)[C@H](c1ccc(Cl)cc1)C(F)(F)F. The van der Waals surface area contributed by atoms with Crippen LogP contribution in [-0.4, -0.2) is 31.3 Å². The minimum atomic E-state index is -4.44. The fourth-order valence-corrected chi connectivity index (χ4v) is 3.74. The summed E-state index contributed by atoms with van der Waals surface area (Å²) in [5.41, 5.74) is 1.16. The van der Waals surface area contributed by atoms with Crippen LogP contribution in [0.4, 0.5) is 13.2 Å². The summed E-state index contributed by atoms with van der Waals surface area (Å²) in [6.07, 6.45) is -2.95. The fourth-order valence-electron chi connectivity index (χ4n) is 2.19. The van der Waals surface area contributed by atoms with Gasteiger partial charge in [-0.2, -0.15) is 21.9 Å². The van der Waals surface area contributed by atoms with Crippen molar-refractivity contribution in [3.63, 3.8) is 0 Å². The summed E-state index contributed by atoms with van der Waals surface area (Å²) in [5, 5.41) is 0.390. The lowest BCUT2D eigenvalue weighted by Crippen LogP contribution is -2.31. The Morgan fingerprint density at radius 3 is 2.58 bits per heavy atom. The van der Waals surface area contributed by atoms with Crippen LogP contribution < -0.4 is 0 Å². The molecule has 0 amide bonds. The average molecular weight is 391 g/mol. The van der Waals surface area contributed by atoms with Crippen molar-refractivity contribution >= 4 is 46.4 Å². The van der Waals surface area contributed by atoms with Gasteiger partial charge in [-0.1, -0.05) is 23.7 Å². The summed E-state index contributed by atoms with van der Waals surface area (Å²) in [7, 11) is 1.39. The van der Waals surface area contributed by atoms with Crippen molar-refractivity contribution in [1.29, 1.82) is 0 Å². The monoisotopic (exact) mass is 390 g/mol. The van der Waals surface area contributed by atoms with Crippen molar-refractivity contribution < 1.29 is 13.2 Å². The van der Waals surface area contributed by atoms with Gasteiger partial charge in [-0.3, -0.25) is 0 Å². The molecule has 0 aliphatic rings. The molecule has 0 saturated carbocycles. The molecule has 0 fully saturated rings. The lowest BCUT2D eigenvalue weighted by Gasteiger charge is -2.29. The maximum atomic E-state index is 13.5. The lowest BCUT2D eigenvalue weighted by atomic mass is 10.1. The van der Waals surface area contributed by atoms with Crippen LogP contribution >= 0.6 is 35.3 Å². The molecular formula is C14H10ClF3N4S2.